The standard InChI is InChI=1S/C13H24N2OS/c1-7(2)8(9(14)17)10(16)15-11-12(3,4)13(11,5)6/h7-8,11H,1-6H3,(H2,14,17)(H,15,16). The molecule has 1 atom stereocenters. The van der Waals surface area contributed by atoms with E-state index in [0.29, 0.717) is 0 Å². The number of rotatable bonds is 4. The zero-order valence-electron chi connectivity index (χ0n) is 11.6. The quantitative estimate of drug-likeness (QED) is 0.757. The van der Waals surface area contributed by atoms with Gasteiger partial charge in [-0.1, -0.05) is 53.8 Å². The van der Waals surface area contributed by atoms with Crippen molar-refractivity contribution in [2.45, 2.75) is 47.6 Å². The smallest absolute Gasteiger partial charge is 0.230 e. The maximum atomic E-state index is 12.2. The van der Waals surface area contributed by atoms with Crippen molar-refractivity contribution in [1.29, 1.82) is 0 Å². The molecule has 4 heteroatoms. The van der Waals surface area contributed by atoms with Crippen LogP contribution in [0.25, 0.3) is 0 Å². The van der Waals surface area contributed by atoms with Crippen LogP contribution in [0.3, 0.4) is 0 Å². The lowest BCUT2D eigenvalue weighted by Gasteiger charge is -2.19. The molecule has 0 aromatic rings. The normalized spacial score (nSPS) is 23.2. The lowest BCUT2D eigenvalue weighted by atomic mass is 9.95. The van der Waals surface area contributed by atoms with E-state index in [0.717, 1.165) is 0 Å². The van der Waals surface area contributed by atoms with Gasteiger partial charge in [0.15, 0.2) is 0 Å². The third-order valence-electron chi connectivity index (χ3n) is 4.56. The molecule has 0 aliphatic heterocycles. The minimum atomic E-state index is -0.364. The molecule has 1 rings (SSSR count). The Bertz CT molecular complexity index is 333. The molecule has 0 bridgehead atoms. The number of hydrogen-bond acceptors (Lipinski definition) is 2. The second-order valence-corrected chi connectivity index (χ2v) is 6.98. The van der Waals surface area contributed by atoms with E-state index in [4.69, 9.17) is 18.0 Å². The van der Waals surface area contributed by atoms with Gasteiger partial charge in [0.25, 0.3) is 0 Å². The number of hydrogen-bond donors (Lipinski definition) is 2. The maximum Gasteiger partial charge on any atom is 0.230 e. The lowest BCUT2D eigenvalue weighted by molar-refractivity contribution is -0.124. The summed E-state index contributed by atoms with van der Waals surface area (Å²) in [5.74, 6) is -0.258. The molecule has 3 N–H and O–H groups in total. The molecule has 98 valence electrons. The predicted molar refractivity (Wildman–Crippen MR) is 74.6 cm³/mol. The number of nitrogens with one attached hydrogen (secondary N) is 1. The number of amides is 1. The van der Waals surface area contributed by atoms with Gasteiger partial charge in [0.05, 0.1) is 10.9 Å². The van der Waals surface area contributed by atoms with E-state index in [2.05, 4.69) is 33.0 Å². The van der Waals surface area contributed by atoms with Crippen LogP contribution in [0.5, 0.6) is 0 Å². The second-order valence-electron chi connectivity index (χ2n) is 6.51. The summed E-state index contributed by atoms with van der Waals surface area (Å²) >= 11 is 4.97. The number of carbonyl (C=O) groups excluding carboxylic acids is 1. The molecule has 1 aliphatic rings. The van der Waals surface area contributed by atoms with Gasteiger partial charge >= 0.3 is 0 Å². The van der Waals surface area contributed by atoms with Gasteiger partial charge in [0.2, 0.25) is 5.91 Å². The van der Waals surface area contributed by atoms with Gasteiger partial charge in [0.1, 0.15) is 0 Å². The summed E-state index contributed by atoms with van der Waals surface area (Å²) in [4.78, 5) is 12.5. The summed E-state index contributed by atoms with van der Waals surface area (Å²) in [5, 5.41) is 3.09. The van der Waals surface area contributed by atoms with Gasteiger partial charge in [-0.15, -0.1) is 0 Å². The first kappa shape index (κ1) is 14.4. The number of nitrogens with two attached hydrogens (primary N) is 1. The van der Waals surface area contributed by atoms with Gasteiger partial charge < -0.3 is 11.1 Å². The highest BCUT2D eigenvalue weighted by Gasteiger charge is 2.65. The largest absolute Gasteiger partial charge is 0.393 e. The summed E-state index contributed by atoms with van der Waals surface area (Å²) in [5.41, 5.74) is 5.92. The molecule has 1 unspecified atom stereocenters. The van der Waals surface area contributed by atoms with Crippen LogP contribution in [0, 0.1) is 22.7 Å². The van der Waals surface area contributed by atoms with Gasteiger partial charge in [-0.05, 0) is 16.7 Å². The Labute approximate surface area is 110 Å². The van der Waals surface area contributed by atoms with E-state index in [1.54, 1.807) is 0 Å². The van der Waals surface area contributed by atoms with Crippen molar-refractivity contribution in [2.75, 3.05) is 0 Å². The van der Waals surface area contributed by atoms with E-state index < -0.39 is 0 Å². The third-order valence-corrected chi connectivity index (χ3v) is 4.82. The van der Waals surface area contributed by atoms with E-state index >= 15 is 0 Å². The van der Waals surface area contributed by atoms with Crippen LogP contribution in [0.2, 0.25) is 0 Å². The van der Waals surface area contributed by atoms with Crippen molar-refractivity contribution in [2.24, 2.45) is 28.4 Å². The first-order chi connectivity index (χ1) is 7.53. The maximum absolute atomic E-state index is 12.2. The minimum Gasteiger partial charge on any atom is -0.393 e. The van der Waals surface area contributed by atoms with Gasteiger partial charge in [-0.2, -0.15) is 0 Å². The summed E-state index contributed by atoms with van der Waals surface area (Å²) < 4.78 is 0. The predicted octanol–water partition coefficient (Wildman–Crippen LogP) is 2.10. The molecule has 3 nitrogen and oxygen atoms in total. The topological polar surface area (TPSA) is 55.1 Å². The molecular formula is C13H24N2OS. The zero-order valence-corrected chi connectivity index (χ0v) is 12.4. The van der Waals surface area contributed by atoms with Crippen molar-refractivity contribution in [3.8, 4) is 0 Å². The number of carbonyl (C=O) groups is 1. The van der Waals surface area contributed by atoms with Crippen LogP contribution in [0.1, 0.15) is 41.5 Å². The lowest BCUT2D eigenvalue weighted by Crippen LogP contribution is -2.43. The van der Waals surface area contributed by atoms with Crippen molar-refractivity contribution < 1.29 is 4.79 Å². The summed E-state index contributed by atoms with van der Waals surface area (Å²) in [6.07, 6.45) is 0. The Morgan fingerprint density at radius 3 is 1.88 bits per heavy atom. The minimum absolute atomic E-state index is 0.0313. The van der Waals surface area contributed by atoms with Crippen LogP contribution in [0.4, 0.5) is 0 Å². The third kappa shape index (κ3) is 2.32. The Morgan fingerprint density at radius 2 is 1.65 bits per heavy atom. The first-order valence-corrected chi connectivity index (χ1v) is 6.54. The molecular weight excluding hydrogens is 232 g/mol. The summed E-state index contributed by atoms with van der Waals surface area (Å²) in [6, 6.07) is 0.207. The molecule has 0 spiro atoms. The molecule has 17 heavy (non-hydrogen) atoms. The average Bonchev–Trinajstić information content (AvgIpc) is 2.46. The molecule has 0 aromatic heterocycles. The van der Waals surface area contributed by atoms with Gasteiger partial charge in [-0.25, -0.2) is 0 Å². The monoisotopic (exact) mass is 256 g/mol. The molecule has 1 saturated carbocycles. The van der Waals surface area contributed by atoms with Crippen molar-refractivity contribution >= 4 is 23.1 Å². The van der Waals surface area contributed by atoms with Gasteiger partial charge in [0, 0.05) is 6.04 Å². The van der Waals surface area contributed by atoms with E-state index in [9.17, 15) is 4.79 Å². The zero-order chi connectivity index (χ0) is 13.6. The van der Waals surface area contributed by atoms with Crippen LogP contribution in [-0.4, -0.2) is 16.9 Å². The second kappa shape index (κ2) is 4.23. The molecule has 1 aliphatic carbocycles. The Kier molecular flexibility index (Phi) is 3.59. The highest BCUT2D eigenvalue weighted by atomic mass is 32.1. The molecule has 0 heterocycles. The van der Waals surface area contributed by atoms with Crippen LogP contribution < -0.4 is 11.1 Å². The van der Waals surface area contributed by atoms with Crippen molar-refractivity contribution in [1.82, 2.24) is 5.32 Å². The molecule has 0 radical (unpaired) electrons. The fourth-order valence-corrected chi connectivity index (χ4v) is 2.93. The van der Waals surface area contributed by atoms with Crippen molar-refractivity contribution in [3.63, 3.8) is 0 Å². The van der Waals surface area contributed by atoms with Crippen LogP contribution >= 0.6 is 12.2 Å². The van der Waals surface area contributed by atoms with Crippen LogP contribution in [-0.2, 0) is 4.79 Å². The fourth-order valence-electron chi connectivity index (χ4n) is 2.55. The average molecular weight is 256 g/mol. The summed E-state index contributed by atoms with van der Waals surface area (Å²) in [6.45, 7) is 12.6. The Morgan fingerprint density at radius 1 is 1.24 bits per heavy atom. The molecule has 1 amide bonds. The highest BCUT2D eigenvalue weighted by molar-refractivity contribution is 7.80. The molecule has 0 saturated heterocycles. The molecule has 0 aromatic carbocycles. The highest BCUT2D eigenvalue weighted by Crippen LogP contribution is 2.62. The SMILES string of the molecule is CC(C)C(C(=O)NC1C(C)(C)C1(C)C)C(N)=S. The van der Waals surface area contributed by atoms with Gasteiger partial charge in [-0.3, -0.25) is 4.79 Å². The number of thiocarbonyl (C=S) groups is 1. The Balaban J connectivity index is 2.71. The van der Waals surface area contributed by atoms with Crippen LogP contribution in [0.15, 0.2) is 0 Å². The summed E-state index contributed by atoms with van der Waals surface area (Å²) in [7, 11) is 0. The van der Waals surface area contributed by atoms with E-state index in [-0.39, 0.29) is 39.6 Å². The van der Waals surface area contributed by atoms with E-state index in [1.165, 1.54) is 0 Å². The molecule has 1 fully saturated rings. The van der Waals surface area contributed by atoms with E-state index in [1.807, 2.05) is 13.8 Å². The van der Waals surface area contributed by atoms with Crippen molar-refractivity contribution in [3.05, 3.63) is 0 Å². The Hall–Kier alpha value is -0.640. The fraction of sp³-hybridized carbons (Fsp3) is 0.846. The first-order valence-electron chi connectivity index (χ1n) is 6.13.